The van der Waals surface area contributed by atoms with Crippen molar-refractivity contribution in [3.05, 3.63) is 65.4 Å². The lowest BCUT2D eigenvalue weighted by molar-refractivity contribution is 0.0602. The molecule has 27 heavy (non-hydrogen) atoms. The summed E-state index contributed by atoms with van der Waals surface area (Å²) in [6, 6.07) is 13.2. The minimum absolute atomic E-state index is 0.281. The highest BCUT2D eigenvalue weighted by molar-refractivity contribution is 5.96. The first kappa shape index (κ1) is 18.3. The minimum Gasteiger partial charge on any atom is -0.465 e. The Labute approximate surface area is 157 Å². The number of rotatable bonds is 6. The molecule has 0 saturated heterocycles. The maximum atomic E-state index is 11.9. The molecule has 0 aliphatic rings. The second-order valence-electron chi connectivity index (χ2n) is 5.91. The summed E-state index contributed by atoms with van der Waals surface area (Å²) in [6.07, 6.45) is 2.46. The molecular formula is C20H21N5O2. The van der Waals surface area contributed by atoms with E-state index in [0.29, 0.717) is 17.1 Å². The summed E-state index contributed by atoms with van der Waals surface area (Å²) < 4.78 is 4.81. The number of hydrogen-bond donors (Lipinski definition) is 2. The Balaban J connectivity index is 1.87. The number of methoxy groups -OCH3 is 1. The number of aromatic nitrogens is 3. The number of hydrogen-bond acceptors (Lipinski definition) is 7. The first-order chi connectivity index (χ1) is 13.1. The summed E-state index contributed by atoms with van der Waals surface area (Å²) in [4.78, 5) is 16.4. The molecule has 0 unspecified atom stereocenters. The number of nitrogens with one attached hydrogen (secondary N) is 2. The highest BCUT2D eigenvalue weighted by Gasteiger charge is 2.13. The van der Waals surface area contributed by atoms with Crippen molar-refractivity contribution in [2.75, 3.05) is 17.7 Å². The molecule has 3 aromatic rings. The molecule has 1 heterocycles. The van der Waals surface area contributed by atoms with Crippen molar-refractivity contribution >= 4 is 29.1 Å². The van der Waals surface area contributed by atoms with Gasteiger partial charge in [-0.2, -0.15) is 10.1 Å². The third-order valence-corrected chi connectivity index (χ3v) is 4.13. The van der Waals surface area contributed by atoms with Gasteiger partial charge in [-0.1, -0.05) is 37.3 Å². The monoisotopic (exact) mass is 363 g/mol. The molecular weight excluding hydrogens is 342 g/mol. The van der Waals surface area contributed by atoms with Gasteiger partial charge in [-0.25, -0.2) is 4.79 Å². The molecule has 0 amide bonds. The molecule has 7 heteroatoms. The Hall–Kier alpha value is -3.48. The van der Waals surface area contributed by atoms with Crippen LogP contribution in [0, 0.1) is 6.92 Å². The van der Waals surface area contributed by atoms with Crippen LogP contribution in [-0.2, 0) is 11.2 Å². The number of carbonyl (C=O) groups excluding carboxylic acids is 1. The standard InChI is InChI=1S/C20H21N5O2/c1-4-14-9-7-8-13(2)18(14)23-17-12-21-25-20(24-17)22-16-11-6-5-10-15(16)19(26)27-3/h5-12H,4H2,1-3H3,(H2,22,23,24,25). The van der Waals surface area contributed by atoms with Crippen LogP contribution in [-0.4, -0.2) is 28.3 Å². The highest BCUT2D eigenvalue weighted by Crippen LogP contribution is 2.25. The molecule has 0 radical (unpaired) electrons. The van der Waals surface area contributed by atoms with E-state index < -0.39 is 5.97 Å². The molecule has 0 bridgehead atoms. The lowest BCUT2D eigenvalue weighted by Crippen LogP contribution is -2.08. The fourth-order valence-electron chi connectivity index (χ4n) is 2.75. The number of para-hydroxylation sites is 2. The van der Waals surface area contributed by atoms with E-state index in [0.717, 1.165) is 17.7 Å². The quantitative estimate of drug-likeness (QED) is 0.639. The van der Waals surface area contributed by atoms with Crippen LogP contribution >= 0.6 is 0 Å². The average Bonchev–Trinajstić information content (AvgIpc) is 2.69. The van der Waals surface area contributed by atoms with E-state index in [1.807, 2.05) is 25.1 Å². The van der Waals surface area contributed by atoms with Gasteiger partial charge >= 0.3 is 5.97 Å². The molecule has 0 aliphatic heterocycles. The lowest BCUT2D eigenvalue weighted by Gasteiger charge is -2.14. The molecule has 3 rings (SSSR count). The summed E-state index contributed by atoms with van der Waals surface area (Å²) in [7, 11) is 1.34. The molecule has 7 nitrogen and oxygen atoms in total. The van der Waals surface area contributed by atoms with Gasteiger partial charge in [0.1, 0.15) is 0 Å². The van der Waals surface area contributed by atoms with E-state index in [9.17, 15) is 4.79 Å². The summed E-state index contributed by atoms with van der Waals surface area (Å²) in [6.45, 7) is 4.15. The topological polar surface area (TPSA) is 89.0 Å². The zero-order valence-electron chi connectivity index (χ0n) is 15.5. The molecule has 0 saturated carbocycles. The van der Waals surface area contributed by atoms with Gasteiger partial charge in [0.2, 0.25) is 5.95 Å². The molecule has 0 spiro atoms. The molecule has 138 valence electrons. The number of esters is 1. The predicted molar refractivity (Wildman–Crippen MR) is 105 cm³/mol. The number of carbonyl (C=O) groups is 1. The van der Waals surface area contributed by atoms with Crippen molar-refractivity contribution in [3.63, 3.8) is 0 Å². The van der Waals surface area contributed by atoms with Gasteiger partial charge in [0.15, 0.2) is 5.82 Å². The van der Waals surface area contributed by atoms with E-state index in [1.54, 1.807) is 24.4 Å². The van der Waals surface area contributed by atoms with Crippen LogP contribution in [0.2, 0.25) is 0 Å². The fraction of sp³-hybridized carbons (Fsp3) is 0.200. The normalized spacial score (nSPS) is 10.3. The first-order valence-electron chi connectivity index (χ1n) is 8.62. The van der Waals surface area contributed by atoms with E-state index in [-0.39, 0.29) is 5.95 Å². The van der Waals surface area contributed by atoms with Crippen molar-refractivity contribution in [2.24, 2.45) is 0 Å². The number of ether oxygens (including phenoxy) is 1. The second kappa shape index (κ2) is 8.27. The Kier molecular flexibility index (Phi) is 5.61. The van der Waals surface area contributed by atoms with Crippen molar-refractivity contribution in [2.45, 2.75) is 20.3 Å². The SMILES string of the molecule is CCc1cccc(C)c1Nc1cnnc(Nc2ccccc2C(=O)OC)n1. The van der Waals surface area contributed by atoms with Crippen LogP contribution in [0.25, 0.3) is 0 Å². The summed E-state index contributed by atoms with van der Waals surface area (Å²) in [5.74, 6) is 0.405. The van der Waals surface area contributed by atoms with Gasteiger partial charge in [-0.05, 0) is 36.6 Å². The molecule has 2 N–H and O–H groups in total. The van der Waals surface area contributed by atoms with Crippen LogP contribution in [0.4, 0.5) is 23.1 Å². The van der Waals surface area contributed by atoms with Gasteiger partial charge in [0.05, 0.1) is 24.6 Å². The number of benzene rings is 2. The molecule has 0 atom stereocenters. The van der Waals surface area contributed by atoms with Gasteiger partial charge in [-0.15, -0.1) is 5.10 Å². The highest BCUT2D eigenvalue weighted by atomic mass is 16.5. The third kappa shape index (κ3) is 4.20. The summed E-state index contributed by atoms with van der Waals surface area (Å²) in [5.41, 5.74) is 4.28. The molecule has 1 aromatic heterocycles. The van der Waals surface area contributed by atoms with E-state index in [4.69, 9.17) is 4.74 Å². The zero-order valence-corrected chi connectivity index (χ0v) is 15.5. The van der Waals surface area contributed by atoms with Gasteiger partial charge in [0.25, 0.3) is 0 Å². The molecule has 0 aliphatic carbocycles. The predicted octanol–water partition coefficient (Wildman–Crippen LogP) is 4.02. The lowest BCUT2D eigenvalue weighted by atomic mass is 10.1. The Morgan fingerprint density at radius 2 is 1.93 bits per heavy atom. The van der Waals surface area contributed by atoms with E-state index >= 15 is 0 Å². The fourth-order valence-corrected chi connectivity index (χ4v) is 2.75. The van der Waals surface area contributed by atoms with Crippen molar-refractivity contribution in [1.29, 1.82) is 0 Å². The third-order valence-electron chi connectivity index (χ3n) is 4.13. The van der Waals surface area contributed by atoms with E-state index in [1.165, 1.54) is 12.7 Å². The van der Waals surface area contributed by atoms with Gasteiger partial charge < -0.3 is 15.4 Å². The number of aryl methyl sites for hydroxylation is 2. The summed E-state index contributed by atoms with van der Waals surface area (Å²) in [5, 5.41) is 14.4. The van der Waals surface area contributed by atoms with Crippen molar-refractivity contribution in [1.82, 2.24) is 15.2 Å². The second-order valence-corrected chi connectivity index (χ2v) is 5.91. The largest absolute Gasteiger partial charge is 0.465 e. The number of anilines is 4. The van der Waals surface area contributed by atoms with Crippen LogP contribution in [0.5, 0.6) is 0 Å². The maximum Gasteiger partial charge on any atom is 0.339 e. The Morgan fingerprint density at radius 1 is 1.11 bits per heavy atom. The van der Waals surface area contributed by atoms with Crippen molar-refractivity contribution < 1.29 is 9.53 Å². The van der Waals surface area contributed by atoms with Gasteiger partial charge in [-0.3, -0.25) is 0 Å². The Morgan fingerprint density at radius 3 is 2.70 bits per heavy atom. The minimum atomic E-state index is -0.437. The van der Waals surface area contributed by atoms with E-state index in [2.05, 4.69) is 38.8 Å². The smallest absolute Gasteiger partial charge is 0.339 e. The van der Waals surface area contributed by atoms with Crippen molar-refractivity contribution in [3.8, 4) is 0 Å². The number of nitrogens with zero attached hydrogens (tertiary/aromatic N) is 3. The maximum absolute atomic E-state index is 11.9. The molecule has 0 fully saturated rings. The average molecular weight is 363 g/mol. The Bertz CT molecular complexity index is 959. The van der Waals surface area contributed by atoms with Gasteiger partial charge in [0, 0.05) is 5.69 Å². The molecule has 2 aromatic carbocycles. The van der Waals surface area contributed by atoms with Crippen LogP contribution in [0.1, 0.15) is 28.4 Å². The van der Waals surface area contributed by atoms with Crippen LogP contribution in [0.15, 0.2) is 48.7 Å². The van der Waals surface area contributed by atoms with Crippen LogP contribution < -0.4 is 10.6 Å². The first-order valence-corrected chi connectivity index (χ1v) is 8.62. The van der Waals surface area contributed by atoms with Crippen LogP contribution in [0.3, 0.4) is 0 Å². The summed E-state index contributed by atoms with van der Waals surface area (Å²) >= 11 is 0. The zero-order chi connectivity index (χ0) is 19.2.